The van der Waals surface area contributed by atoms with Gasteiger partial charge < -0.3 is 15.1 Å². The molecule has 1 aliphatic rings. The number of piperidine rings is 1. The molecule has 0 saturated carbocycles. The average molecular weight is 476 g/mol. The summed E-state index contributed by atoms with van der Waals surface area (Å²) < 4.78 is 23.2. The summed E-state index contributed by atoms with van der Waals surface area (Å²) in [6.07, 6.45) is 4.56. The highest BCUT2D eigenvalue weighted by Crippen LogP contribution is 2.24. The van der Waals surface area contributed by atoms with E-state index in [1.165, 1.54) is 12.6 Å². The molecule has 2 heterocycles. The highest BCUT2D eigenvalue weighted by molar-refractivity contribution is 7.90. The molecule has 1 fully saturated rings. The van der Waals surface area contributed by atoms with Crippen LogP contribution < -0.4 is 10.2 Å². The average Bonchev–Trinajstić information content (AvgIpc) is 2.74. The van der Waals surface area contributed by atoms with Crippen LogP contribution in [0.3, 0.4) is 0 Å². The Morgan fingerprint density at radius 1 is 1.18 bits per heavy atom. The standard InChI is InChI=1S/C23H33N5O4S/c1-23(2,3)22(29)32-28-12-10-17(11-13-28)15-27(4)21-14-20(24-16-25-21)26-18-6-8-19(9-7-18)33(5,30)31/h6-9,14,16-17H,10-13,15H2,1-5H3,(H,24,25,26). The van der Waals surface area contributed by atoms with Gasteiger partial charge in [-0.1, -0.05) is 0 Å². The van der Waals surface area contributed by atoms with Gasteiger partial charge in [-0.2, -0.15) is 0 Å². The van der Waals surface area contributed by atoms with E-state index in [0.29, 0.717) is 11.7 Å². The Hall–Kier alpha value is -2.72. The molecule has 1 aromatic carbocycles. The number of nitrogens with zero attached hydrogens (tertiary/aromatic N) is 4. The molecule has 180 valence electrons. The second-order valence-corrected chi connectivity index (χ2v) is 11.6. The maximum absolute atomic E-state index is 12.1. The molecule has 0 amide bonds. The number of carbonyl (C=O) groups excluding carboxylic acids is 1. The van der Waals surface area contributed by atoms with Gasteiger partial charge in [0.05, 0.1) is 10.3 Å². The van der Waals surface area contributed by atoms with Crippen LogP contribution in [-0.2, 0) is 19.5 Å². The monoisotopic (exact) mass is 475 g/mol. The first kappa shape index (κ1) is 24.9. The van der Waals surface area contributed by atoms with E-state index in [2.05, 4.69) is 20.2 Å². The van der Waals surface area contributed by atoms with E-state index in [1.807, 2.05) is 33.9 Å². The van der Waals surface area contributed by atoms with Gasteiger partial charge in [-0.3, -0.25) is 0 Å². The van der Waals surface area contributed by atoms with E-state index in [1.54, 1.807) is 29.3 Å². The Kier molecular flexibility index (Phi) is 7.58. The number of rotatable bonds is 7. The van der Waals surface area contributed by atoms with Gasteiger partial charge in [0.25, 0.3) is 0 Å². The number of nitrogens with one attached hydrogen (secondary N) is 1. The van der Waals surface area contributed by atoms with Gasteiger partial charge in [0.2, 0.25) is 0 Å². The Morgan fingerprint density at radius 2 is 1.82 bits per heavy atom. The van der Waals surface area contributed by atoms with Gasteiger partial charge in [0.1, 0.15) is 18.0 Å². The van der Waals surface area contributed by atoms with Gasteiger partial charge in [-0.15, -0.1) is 5.06 Å². The maximum Gasteiger partial charge on any atom is 0.330 e. The summed E-state index contributed by atoms with van der Waals surface area (Å²) in [7, 11) is -1.23. The molecule has 3 rings (SSSR count). The summed E-state index contributed by atoms with van der Waals surface area (Å²) in [6, 6.07) is 8.42. The predicted octanol–water partition coefficient (Wildman–Crippen LogP) is 3.28. The van der Waals surface area contributed by atoms with Crippen molar-refractivity contribution in [2.75, 3.05) is 43.2 Å². The van der Waals surface area contributed by atoms with Crippen molar-refractivity contribution in [3.63, 3.8) is 0 Å². The summed E-state index contributed by atoms with van der Waals surface area (Å²) in [5, 5.41) is 4.96. The second-order valence-electron chi connectivity index (χ2n) is 9.56. The maximum atomic E-state index is 12.1. The van der Waals surface area contributed by atoms with Gasteiger partial charge in [-0.05, 0) is 63.8 Å². The lowest BCUT2D eigenvalue weighted by Crippen LogP contribution is -2.41. The minimum Gasteiger partial charge on any atom is -0.367 e. The van der Waals surface area contributed by atoms with Crippen LogP contribution in [0.15, 0.2) is 41.6 Å². The molecular formula is C23H33N5O4S. The zero-order valence-electron chi connectivity index (χ0n) is 19.9. The van der Waals surface area contributed by atoms with Crippen molar-refractivity contribution in [2.45, 2.75) is 38.5 Å². The number of hydrogen-bond acceptors (Lipinski definition) is 9. The normalized spacial score (nSPS) is 15.8. The fourth-order valence-electron chi connectivity index (χ4n) is 3.48. The second kappa shape index (κ2) is 10.0. The summed E-state index contributed by atoms with van der Waals surface area (Å²) >= 11 is 0. The largest absolute Gasteiger partial charge is 0.367 e. The van der Waals surface area contributed by atoms with E-state index in [0.717, 1.165) is 44.0 Å². The summed E-state index contributed by atoms with van der Waals surface area (Å²) in [6.45, 7) is 7.84. The third-order valence-corrected chi connectivity index (χ3v) is 6.66. The van der Waals surface area contributed by atoms with Crippen molar-refractivity contribution in [1.29, 1.82) is 0 Å². The number of anilines is 3. The van der Waals surface area contributed by atoms with Crippen LogP contribution in [-0.4, -0.2) is 62.4 Å². The molecule has 0 bridgehead atoms. The molecule has 0 atom stereocenters. The third kappa shape index (κ3) is 7.13. The van der Waals surface area contributed by atoms with Gasteiger partial charge in [0, 0.05) is 44.7 Å². The van der Waals surface area contributed by atoms with E-state index in [9.17, 15) is 13.2 Å². The lowest BCUT2D eigenvalue weighted by atomic mass is 9.97. The van der Waals surface area contributed by atoms with Crippen molar-refractivity contribution < 1.29 is 18.0 Å². The van der Waals surface area contributed by atoms with Gasteiger partial charge >= 0.3 is 5.97 Å². The summed E-state index contributed by atoms with van der Waals surface area (Å²) in [5.74, 6) is 1.68. The first-order valence-electron chi connectivity index (χ1n) is 11.0. The Morgan fingerprint density at radius 3 is 2.39 bits per heavy atom. The first-order chi connectivity index (χ1) is 15.4. The van der Waals surface area contributed by atoms with E-state index < -0.39 is 15.3 Å². The van der Waals surface area contributed by atoms with Gasteiger partial charge in [0.15, 0.2) is 9.84 Å². The van der Waals surface area contributed by atoms with Crippen molar-refractivity contribution in [2.24, 2.45) is 11.3 Å². The van der Waals surface area contributed by atoms with Crippen LogP contribution in [0.2, 0.25) is 0 Å². The van der Waals surface area contributed by atoms with Gasteiger partial charge in [-0.25, -0.2) is 23.2 Å². The molecule has 2 aromatic rings. The Balaban J connectivity index is 1.54. The number of carbonyl (C=O) groups is 1. The molecule has 1 aliphatic heterocycles. The minimum absolute atomic E-state index is 0.204. The SMILES string of the molecule is CN(CC1CCN(OC(=O)C(C)(C)C)CC1)c1cc(Nc2ccc(S(C)(=O)=O)cc2)ncn1. The van der Waals surface area contributed by atoms with Crippen LogP contribution in [0.5, 0.6) is 0 Å². The fourth-order valence-corrected chi connectivity index (χ4v) is 4.11. The molecule has 0 radical (unpaired) electrons. The fraction of sp³-hybridized carbons (Fsp3) is 0.522. The van der Waals surface area contributed by atoms with Crippen molar-refractivity contribution in [3.05, 3.63) is 36.7 Å². The third-order valence-electron chi connectivity index (χ3n) is 5.53. The topological polar surface area (TPSA) is 105 Å². The molecule has 0 unspecified atom stereocenters. The molecule has 0 spiro atoms. The molecule has 1 N–H and O–H groups in total. The van der Waals surface area contributed by atoms with Crippen LogP contribution in [0.1, 0.15) is 33.6 Å². The number of aromatic nitrogens is 2. The molecule has 1 saturated heterocycles. The smallest absolute Gasteiger partial charge is 0.330 e. The molecule has 33 heavy (non-hydrogen) atoms. The van der Waals surface area contributed by atoms with E-state index in [-0.39, 0.29) is 10.9 Å². The van der Waals surface area contributed by atoms with Crippen molar-refractivity contribution in [3.8, 4) is 0 Å². The Labute approximate surface area is 196 Å². The molecule has 0 aliphatic carbocycles. The lowest BCUT2D eigenvalue weighted by Gasteiger charge is -2.34. The van der Waals surface area contributed by atoms with E-state index in [4.69, 9.17) is 4.84 Å². The zero-order valence-corrected chi connectivity index (χ0v) is 20.7. The summed E-state index contributed by atoms with van der Waals surface area (Å²) in [5.41, 5.74) is 0.234. The van der Waals surface area contributed by atoms with Crippen LogP contribution >= 0.6 is 0 Å². The van der Waals surface area contributed by atoms with Crippen LogP contribution in [0.4, 0.5) is 17.3 Å². The van der Waals surface area contributed by atoms with Crippen LogP contribution in [0, 0.1) is 11.3 Å². The van der Waals surface area contributed by atoms with Crippen LogP contribution in [0.25, 0.3) is 0 Å². The number of hydroxylamine groups is 2. The first-order valence-corrected chi connectivity index (χ1v) is 12.9. The molecule has 10 heteroatoms. The van der Waals surface area contributed by atoms with E-state index >= 15 is 0 Å². The highest BCUT2D eigenvalue weighted by Gasteiger charge is 2.28. The lowest BCUT2D eigenvalue weighted by molar-refractivity contribution is -0.205. The zero-order chi connectivity index (χ0) is 24.2. The molecule has 1 aromatic heterocycles. The quantitative estimate of drug-likeness (QED) is 0.646. The number of benzene rings is 1. The predicted molar refractivity (Wildman–Crippen MR) is 128 cm³/mol. The Bertz CT molecular complexity index is 1060. The summed E-state index contributed by atoms with van der Waals surface area (Å²) in [4.78, 5) is 28.6. The highest BCUT2D eigenvalue weighted by atomic mass is 32.2. The molecule has 9 nitrogen and oxygen atoms in total. The van der Waals surface area contributed by atoms with Crippen molar-refractivity contribution >= 4 is 33.1 Å². The minimum atomic E-state index is -3.23. The molecular weight excluding hydrogens is 442 g/mol. The number of hydrogen-bond donors (Lipinski definition) is 1. The number of sulfone groups is 1. The van der Waals surface area contributed by atoms with Crippen molar-refractivity contribution in [1.82, 2.24) is 15.0 Å².